The molecule has 0 aromatic heterocycles. The third-order valence-electron chi connectivity index (χ3n) is 5.37. The monoisotopic (exact) mass is 279 g/mol. The molecule has 0 unspecified atom stereocenters. The van der Waals surface area contributed by atoms with E-state index in [0.29, 0.717) is 0 Å². The number of benzene rings is 2. The molecule has 21 heavy (non-hydrogen) atoms. The number of hydrogen-bond acceptors (Lipinski definition) is 1. The zero-order chi connectivity index (χ0) is 14.4. The van der Waals surface area contributed by atoms with Gasteiger partial charge in [-0.2, -0.15) is 0 Å². The second-order valence-corrected chi connectivity index (χ2v) is 7.47. The third kappa shape index (κ3) is 2.38. The lowest BCUT2D eigenvalue weighted by Crippen LogP contribution is -2.26. The van der Waals surface area contributed by atoms with Crippen LogP contribution < -0.4 is 5.32 Å². The molecule has 2 aliphatic rings. The minimum Gasteiger partial charge on any atom is -0.314 e. The molecular weight excluding hydrogens is 254 g/mol. The minimum atomic E-state index is 0.238. The van der Waals surface area contributed by atoms with Gasteiger partial charge in [-0.1, -0.05) is 44.2 Å². The molecule has 1 nitrogen and oxygen atoms in total. The fourth-order valence-electron chi connectivity index (χ4n) is 3.85. The summed E-state index contributed by atoms with van der Waals surface area (Å²) in [6.07, 6.45) is 6.41. The van der Waals surface area contributed by atoms with Crippen molar-refractivity contribution in [2.75, 3.05) is 6.54 Å². The zero-order valence-electron chi connectivity index (χ0n) is 13.2. The summed E-state index contributed by atoms with van der Waals surface area (Å²) in [4.78, 5) is 0. The van der Waals surface area contributed by atoms with E-state index in [4.69, 9.17) is 0 Å². The summed E-state index contributed by atoms with van der Waals surface area (Å²) < 4.78 is 0. The van der Waals surface area contributed by atoms with Crippen molar-refractivity contribution in [3.05, 3.63) is 47.0 Å². The maximum absolute atomic E-state index is 3.67. The van der Waals surface area contributed by atoms with Crippen LogP contribution in [0.1, 0.15) is 49.8 Å². The first-order valence-corrected chi connectivity index (χ1v) is 8.42. The van der Waals surface area contributed by atoms with Crippen molar-refractivity contribution in [1.82, 2.24) is 5.32 Å². The van der Waals surface area contributed by atoms with Gasteiger partial charge in [0.1, 0.15) is 0 Å². The molecule has 4 rings (SSSR count). The number of rotatable bonds is 5. The summed E-state index contributed by atoms with van der Waals surface area (Å²) in [5.41, 5.74) is 4.87. The second-order valence-electron chi connectivity index (χ2n) is 7.47. The van der Waals surface area contributed by atoms with Gasteiger partial charge in [-0.25, -0.2) is 0 Å². The van der Waals surface area contributed by atoms with Gasteiger partial charge in [0.2, 0.25) is 0 Å². The Kier molecular flexibility index (Phi) is 3.08. The smallest absolute Gasteiger partial charge is 0.00682 e. The van der Waals surface area contributed by atoms with Crippen LogP contribution in [0.3, 0.4) is 0 Å². The lowest BCUT2D eigenvalue weighted by molar-refractivity contribution is 0.459. The van der Waals surface area contributed by atoms with Crippen molar-refractivity contribution >= 4 is 10.8 Å². The summed E-state index contributed by atoms with van der Waals surface area (Å²) in [7, 11) is 0. The molecule has 2 aromatic rings. The van der Waals surface area contributed by atoms with Crippen LogP contribution in [-0.2, 0) is 18.3 Å². The summed E-state index contributed by atoms with van der Waals surface area (Å²) in [6, 6.07) is 12.5. The van der Waals surface area contributed by atoms with Crippen molar-refractivity contribution < 1.29 is 0 Å². The molecule has 1 fully saturated rings. The van der Waals surface area contributed by atoms with Gasteiger partial charge in [0.05, 0.1) is 0 Å². The van der Waals surface area contributed by atoms with E-state index >= 15 is 0 Å². The van der Waals surface area contributed by atoms with E-state index in [-0.39, 0.29) is 5.41 Å². The van der Waals surface area contributed by atoms with Gasteiger partial charge in [0.25, 0.3) is 0 Å². The molecule has 0 aliphatic heterocycles. The topological polar surface area (TPSA) is 12.0 Å². The molecule has 1 heteroatoms. The molecule has 0 bridgehead atoms. The predicted octanol–water partition coefficient (Wildman–Crippen LogP) is 4.36. The van der Waals surface area contributed by atoms with Crippen LogP contribution in [0.5, 0.6) is 0 Å². The van der Waals surface area contributed by atoms with Gasteiger partial charge in [-0.3, -0.25) is 0 Å². The van der Waals surface area contributed by atoms with Gasteiger partial charge < -0.3 is 5.32 Å². The highest BCUT2D eigenvalue weighted by Crippen LogP contribution is 2.38. The predicted molar refractivity (Wildman–Crippen MR) is 90.0 cm³/mol. The van der Waals surface area contributed by atoms with Crippen LogP contribution in [-0.4, -0.2) is 12.6 Å². The minimum absolute atomic E-state index is 0.238. The first-order chi connectivity index (χ1) is 10.1. The summed E-state index contributed by atoms with van der Waals surface area (Å²) in [5, 5.41) is 6.72. The standard InChI is InChI=1S/C20H25N/c1-20(2,12-13-21-16-9-10-16)18-11-8-15-7-6-14-4-3-5-17(18)19(14)15/h3-5,8,11,16,21H,6-7,9-10,12-13H2,1-2H3. The molecule has 0 radical (unpaired) electrons. The van der Waals surface area contributed by atoms with Crippen molar-refractivity contribution in [3.8, 4) is 0 Å². The lowest BCUT2D eigenvalue weighted by atomic mass is 9.78. The molecule has 2 aliphatic carbocycles. The maximum Gasteiger partial charge on any atom is 0.00682 e. The van der Waals surface area contributed by atoms with Crippen molar-refractivity contribution in [2.24, 2.45) is 0 Å². The van der Waals surface area contributed by atoms with E-state index in [1.165, 1.54) is 43.1 Å². The van der Waals surface area contributed by atoms with Crippen molar-refractivity contribution in [3.63, 3.8) is 0 Å². The molecule has 110 valence electrons. The third-order valence-corrected chi connectivity index (χ3v) is 5.37. The SMILES string of the molecule is CC(C)(CCNC1CC1)c1ccc2c3c(cccc13)CC2. The molecule has 0 saturated heterocycles. The Morgan fingerprint density at radius 3 is 2.57 bits per heavy atom. The number of nitrogens with one attached hydrogen (secondary N) is 1. The Morgan fingerprint density at radius 1 is 1.05 bits per heavy atom. The maximum atomic E-state index is 3.67. The van der Waals surface area contributed by atoms with Crippen LogP contribution in [0, 0.1) is 0 Å². The van der Waals surface area contributed by atoms with E-state index in [2.05, 4.69) is 49.5 Å². The average Bonchev–Trinajstić information content (AvgIpc) is 3.19. The second kappa shape index (κ2) is 4.84. The molecule has 1 N–H and O–H groups in total. The van der Waals surface area contributed by atoms with Crippen molar-refractivity contribution in [2.45, 2.75) is 57.4 Å². The van der Waals surface area contributed by atoms with Gasteiger partial charge in [-0.15, -0.1) is 0 Å². The molecule has 2 aromatic carbocycles. The van der Waals surface area contributed by atoms with Crippen LogP contribution in [0.2, 0.25) is 0 Å². The highest BCUT2D eigenvalue weighted by atomic mass is 14.9. The zero-order valence-corrected chi connectivity index (χ0v) is 13.2. The normalized spacial score (nSPS) is 17.6. The summed E-state index contributed by atoms with van der Waals surface area (Å²) in [6.45, 7) is 5.95. The van der Waals surface area contributed by atoms with E-state index in [0.717, 1.165) is 12.6 Å². The molecule has 0 spiro atoms. The average molecular weight is 279 g/mol. The van der Waals surface area contributed by atoms with E-state index in [1.54, 1.807) is 16.5 Å². The molecule has 0 heterocycles. The Bertz CT molecular complexity index is 669. The van der Waals surface area contributed by atoms with E-state index < -0.39 is 0 Å². The van der Waals surface area contributed by atoms with Crippen molar-refractivity contribution in [1.29, 1.82) is 0 Å². The van der Waals surface area contributed by atoms with E-state index in [9.17, 15) is 0 Å². The Hall–Kier alpha value is -1.34. The highest BCUT2D eigenvalue weighted by Gasteiger charge is 2.27. The molecule has 0 amide bonds. The Balaban J connectivity index is 1.68. The van der Waals surface area contributed by atoms with Gasteiger partial charge in [0, 0.05) is 6.04 Å². The first-order valence-electron chi connectivity index (χ1n) is 8.42. The summed E-state index contributed by atoms with van der Waals surface area (Å²) >= 11 is 0. The van der Waals surface area contributed by atoms with Gasteiger partial charge in [0.15, 0.2) is 0 Å². The fourth-order valence-corrected chi connectivity index (χ4v) is 3.85. The van der Waals surface area contributed by atoms with Gasteiger partial charge in [-0.05, 0) is 71.5 Å². The lowest BCUT2D eigenvalue weighted by Gasteiger charge is -2.27. The molecule has 0 atom stereocenters. The quantitative estimate of drug-likeness (QED) is 0.857. The molecule has 1 saturated carbocycles. The van der Waals surface area contributed by atoms with Gasteiger partial charge >= 0.3 is 0 Å². The Morgan fingerprint density at radius 2 is 1.81 bits per heavy atom. The Labute approximate surface area is 127 Å². The van der Waals surface area contributed by atoms with Crippen LogP contribution >= 0.6 is 0 Å². The van der Waals surface area contributed by atoms with Crippen LogP contribution in [0.15, 0.2) is 30.3 Å². The highest BCUT2D eigenvalue weighted by molar-refractivity contribution is 5.93. The number of hydrogen-bond donors (Lipinski definition) is 1. The number of aryl methyl sites for hydroxylation is 2. The van der Waals surface area contributed by atoms with Crippen LogP contribution in [0.25, 0.3) is 10.8 Å². The fraction of sp³-hybridized carbons (Fsp3) is 0.500. The first kappa shape index (κ1) is 13.3. The van der Waals surface area contributed by atoms with Crippen LogP contribution in [0.4, 0.5) is 0 Å². The molecular formula is C20H25N. The van der Waals surface area contributed by atoms with E-state index in [1.807, 2.05) is 0 Å². The largest absolute Gasteiger partial charge is 0.314 e. The summed E-state index contributed by atoms with van der Waals surface area (Å²) in [5.74, 6) is 0.